The quantitative estimate of drug-likeness (QED) is 0.896. The normalized spacial score (nSPS) is 25.8. The van der Waals surface area contributed by atoms with Gasteiger partial charge in [0.25, 0.3) is 0 Å². The molecule has 0 unspecified atom stereocenters. The van der Waals surface area contributed by atoms with Crippen LogP contribution in [0.1, 0.15) is 38.7 Å². The SMILES string of the molecule is CO[C@@H]1CCC[C@@H](NC(=O)C(C)(C)c2cccc(F)c2)[C@H]1O. The lowest BCUT2D eigenvalue weighted by atomic mass is 9.82. The summed E-state index contributed by atoms with van der Waals surface area (Å²) in [4.78, 5) is 12.6. The van der Waals surface area contributed by atoms with Crippen LogP contribution < -0.4 is 5.32 Å². The molecule has 0 saturated heterocycles. The van der Waals surface area contributed by atoms with Crippen molar-refractivity contribution in [3.63, 3.8) is 0 Å². The molecule has 1 aromatic rings. The molecular weight excluding hydrogens is 285 g/mol. The lowest BCUT2D eigenvalue weighted by molar-refractivity contribution is -0.129. The molecule has 1 aliphatic rings. The van der Waals surface area contributed by atoms with Gasteiger partial charge >= 0.3 is 0 Å². The maximum Gasteiger partial charge on any atom is 0.230 e. The second-order valence-electron chi connectivity index (χ2n) is 6.41. The monoisotopic (exact) mass is 309 g/mol. The number of ether oxygens (including phenoxy) is 1. The van der Waals surface area contributed by atoms with Gasteiger partial charge in [0.15, 0.2) is 0 Å². The molecular formula is C17H24FNO3. The van der Waals surface area contributed by atoms with Gasteiger partial charge < -0.3 is 15.2 Å². The van der Waals surface area contributed by atoms with E-state index in [-0.39, 0.29) is 23.9 Å². The zero-order valence-corrected chi connectivity index (χ0v) is 13.3. The van der Waals surface area contributed by atoms with Gasteiger partial charge in [-0.1, -0.05) is 12.1 Å². The highest BCUT2D eigenvalue weighted by Crippen LogP contribution is 2.26. The fourth-order valence-corrected chi connectivity index (χ4v) is 2.91. The van der Waals surface area contributed by atoms with E-state index < -0.39 is 11.5 Å². The van der Waals surface area contributed by atoms with Gasteiger partial charge in [0.05, 0.1) is 17.6 Å². The van der Waals surface area contributed by atoms with Crippen molar-refractivity contribution in [2.24, 2.45) is 0 Å². The van der Waals surface area contributed by atoms with Crippen LogP contribution in [0, 0.1) is 5.82 Å². The molecule has 2 rings (SSSR count). The number of methoxy groups -OCH3 is 1. The molecule has 5 heteroatoms. The van der Waals surface area contributed by atoms with Gasteiger partial charge in [-0.05, 0) is 50.8 Å². The zero-order valence-electron chi connectivity index (χ0n) is 13.3. The van der Waals surface area contributed by atoms with E-state index in [0.29, 0.717) is 12.0 Å². The summed E-state index contributed by atoms with van der Waals surface area (Å²) < 4.78 is 18.6. The first-order valence-corrected chi connectivity index (χ1v) is 7.64. The summed E-state index contributed by atoms with van der Waals surface area (Å²) in [6.45, 7) is 3.50. The minimum absolute atomic E-state index is 0.223. The molecule has 1 aromatic carbocycles. The molecule has 0 aromatic heterocycles. The van der Waals surface area contributed by atoms with Gasteiger partial charge in [-0.15, -0.1) is 0 Å². The summed E-state index contributed by atoms with van der Waals surface area (Å²) in [6.07, 6.45) is 1.42. The highest BCUT2D eigenvalue weighted by atomic mass is 19.1. The molecule has 0 radical (unpaired) electrons. The first-order chi connectivity index (χ1) is 10.4. The minimum Gasteiger partial charge on any atom is -0.388 e. The minimum atomic E-state index is -0.873. The van der Waals surface area contributed by atoms with Crippen molar-refractivity contribution in [2.45, 2.75) is 56.8 Å². The first-order valence-electron chi connectivity index (χ1n) is 7.64. The highest BCUT2D eigenvalue weighted by Gasteiger charge is 2.37. The zero-order chi connectivity index (χ0) is 16.3. The van der Waals surface area contributed by atoms with E-state index in [2.05, 4.69) is 5.32 Å². The van der Waals surface area contributed by atoms with Crippen molar-refractivity contribution in [1.82, 2.24) is 5.32 Å². The molecule has 1 aliphatic carbocycles. The van der Waals surface area contributed by atoms with Crippen molar-refractivity contribution in [2.75, 3.05) is 7.11 Å². The second-order valence-corrected chi connectivity index (χ2v) is 6.41. The van der Waals surface area contributed by atoms with Crippen LogP contribution in [-0.2, 0) is 14.9 Å². The van der Waals surface area contributed by atoms with Gasteiger partial charge in [0.1, 0.15) is 11.9 Å². The van der Waals surface area contributed by atoms with Crippen molar-refractivity contribution in [3.05, 3.63) is 35.6 Å². The Kier molecular flexibility index (Phi) is 5.19. The summed E-state index contributed by atoms with van der Waals surface area (Å²) in [5.41, 5.74) is -0.263. The Morgan fingerprint density at radius 2 is 2.14 bits per heavy atom. The topological polar surface area (TPSA) is 58.6 Å². The molecule has 0 heterocycles. The third-order valence-corrected chi connectivity index (χ3v) is 4.53. The second kappa shape index (κ2) is 6.75. The van der Waals surface area contributed by atoms with E-state index in [1.165, 1.54) is 12.1 Å². The predicted octanol–water partition coefficient (Wildman–Crippen LogP) is 2.15. The number of halogens is 1. The van der Waals surface area contributed by atoms with Crippen LogP contribution in [-0.4, -0.2) is 36.4 Å². The van der Waals surface area contributed by atoms with Gasteiger partial charge in [-0.2, -0.15) is 0 Å². The molecule has 122 valence electrons. The average molecular weight is 309 g/mol. The average Bonchev–Trinajstić information content (AvgIpc) is 2.49. The number of aliphatic hydroxyl groups excluding tert-OH is 1. The Labute approximate surface area is 130 Å². The van der Waals surface area contributed by atoms with Crippen LogP contribution >= 0.6 is 0 Å². The Hall–Kier alpha value is -1.46. The largest absolute Gasteiger partial charge is 0.388 e. The number of rotatable bonds is 4. The number of aliphatic hydroxyl groups is 1. The third-order valence-electron chi connectivity index (χ3n) is 4.53. The van der Waals surface area contributed by atoms with Gasteiger partial charge in [0, 0.05) is 7.11 Å². The predicted molar refractivity (Wildman–Crippen MR) is 82.0 cm³/mol. The Morgan fingerprint density at radius 3 is 2.77 bits per heavy atom. The van der Waals surface area contributed by atoms with Crippen LogP contribution in [0.25, 0.3) is 0 Å². The molecule has 0 aliphatic heterocycles. The summed E-state index contributed by atoms with van der Waals surface area (Å²) >= 11 is 0. The summed E-state index contributed by atoms with van der Waals surface area (Å²) in [7, 11) is 1.56. The van der Waals surface area contributed by atoms with Crippen molar-refractivity contribution >= 4 is 5.91 Å². The molecule has 1 saturated carbocycles. The summed E-state index contributed by atoms with van der Waals surface area (Å²) in [5.74, 6) is -0.588. The third kappa shape index (κ3) is 3.47. The van der Waals surface area contributed by atoms with Crippen molar-refractivity contribution < 1.29 is 19.0 Å². The van der Waals surface area contributed by atoms with Gasteiger partial charge in [-0.25, -0.2) is 4.39 Å². The molecule has 22 heavy (non-hydrogen) atoms. The van der Waals surface area contributed by atoms with Crippen LogP contribution in [0.5, 0.6) is 0 Å². The number of benzene rings is 1. The lowest BCUT2D eigenvalue weighted by Gasteiger charge is -2.36. The molecule has 2 N–H and O–H groups in total. The molecule has 0 spiro atoms. The number of hydrogen-bond donors (Lipinski definition) is 2. The molecule has 1 amide bonds. The number of amides is 1. The van der Waals surface area contributed by atoms with E-state index >= 15 is 0 Å². The fourth-order valence-electron chi connectivity index (χ4n) is 2.91. The maximum absolute atomic E-state index is 13.4. The fraction of sp³-hybridized carbons (Fsp3) is 0.588. The number of carbonyl (C=O) groups is 1. The van der Waals surface area contributed by atoms with E-state index in [0.717, 1.165) is 12.8 Å². The van der Waals surface area contributed by atoms with E-state index in [9.17, 15) is 14.3 Å². The molecule has 4 nitrogen and oxygen atoms in total. The van der Waals surface area contributed by atoms with Crippen molar-refractivity contribution in [3.8, 4) is 0 Å². The lowest BCUT2D eigenvalue weighted by Crippen LogP contribution is -2.54. The molecule has 0 bridgehead atoms. The Morgan fingerprint density at radius 1 is 1.41 bits per heavy atom. The summed E-state index contributed by atoms with van der Waals surface area (Å²) in [6, 6.07) is 5.72. The number of carbonyl (C=O) groups excluding carboxylic acids is 1. The van der Waals surface area contributed by atoms with Gasteiger partial charge in [-0.3, -0.25) is 4.79 Å². The Balaban J connectivity index is 2.10. The molecule has 1 fully saturated rings. The van der Waals surface area contributed by atoms with Crippen LogP contribution in [0.4, 0.5) is 4.39 Å². The number of nitrogens with one attached hydrogen (secondary N) is 1. The smallest absolute Gasteiger partial charge is 0.230 e. The first kappa shape index (κ1) is 16.9. The number of hydrogen-bond acceptors (Lipinski definition) is 3. The van der Waals surface area contributed by atoms with E-state index in [1.54, 1.807) is 33.1 Å². The van der Waals surface area contributed by atoms with Crippen molar-refractivity contribution in [1.29, 1.82) is 0 Å². The highest BCUT2D eigenvalue weighted by molar-refractivity contribution is 5.87. The van der Waals surface area contributed by atoms with E-state index in [4.69, 9.17) is 4.74 Å². The van der Waals surface area contributed by atoms with Crippen LogP contribution in [0.3, 0.4) is 0 Å². The maximum atomic E-state index is 13.4. The van der Waals surface area contributed by atoms with Crippen LogP contribution in [0.15, 0.2) is 24.3 Å². The van der Waals surface area contributed by atoms with Crippen LogP contribution in [0.2, 0.25) is 0 Å². The standard InChI is InChI=1S/C17H24FNO3/c1-17(2,11-6-4-7-12(18)10-11)16(21)19-13-8-5-9-14(22-3)15(13)20/h4,6-7,10,13-15,20H,5,8-9H2,1-3H3,(H,19,21)/t13-,14-,15-/m1/s1. The Bertz CT molecular complexity index is 532. The van der Waals surface area contributed by atoms with E-state index in [1.807, 2.05) is 0 Å². The summed E-state index contributed by atoms with van der Waals surface area (Å²) in [5, 5.41) is 13.2. The van der Waals surface area contributed by atoms with Gasteiger partial charge in [0.2, 0.25) is 5.91 Å². The molecule has 3 atom stereocenters.